The minimum absolute atomic E-state index is 0.00358. The SMILES string of the molecule is [CH3][Al]1[O][Al]([O]C(C(C)(C)C)(C(C)(C)C)C(C)(C)C)[O]1. The van der Waals surface area contributed by atoms with Crippen molar-refractivity contribution in [3.8, 4) is 0 Å². The molecule has 0 spiro atoms. The van der Waals surface area contributed by atoms with Crippen LogP contribution < -0.4 is 0 Å². The van der Waals surface area contributed by atoms with Gasteiger partial charge >= 0.3 is 30.0 Å². The van der Waals surface area contributed by atoms with Crippen molar-refractivity contribution in [3.05, 3.63) is 0 Å². The Bertz CT molecular complexity index is 281. The fraction of sp³-hybridized carbons (Fsp3) is 1.00. The van der Waals surface area contributed by atoms with Crippen molar-refractivity contribution < 1.29 is 9.47 Å². The predicted molar refractivity (Wildman–Crippen MR) is 81.7 cm³/mol. The Morgan fingerprint density at radius 3 is 1.21 bits per heavy atom. The molecule has 3 nitrogen and oxygen atoms in total. The Kier molecular flexibility index (Phi) is 5.01. The highest BCUT2D eigenvalue weighted by molar-refractivity contribution is 6.69. The Labute approximate surface area is 129 Å². The highest BCUT2D eigenvalue weighted by Gasteiger charge is 2.63. The second-order valence-electron chi connectivity index (χ2n) is 8.68. The van der Waals surface area contributed by atoms with Crippen LogP contribution in [0.15, 0.2) is 0 Å². The van der Waals surface area contributed by atoms with E-state index in [1.54, 1.807) is 0 Å². The lowest BCUT2D eigenvalue weighted by molar-refractivity contribution is -0.203. The largest absolute Gasteiger partial charge is 0.846 e. The maximum absolute atomic E-state index is 6.57. The minimum atomic E-state index is -1.92. The van der Waals surface area contributed by atoms with E-state index in [2.05, 4.69) is 68.1 Å². The van der Waals surface area contributed by atoms with Crippen molar-refractivity contribution in [2.75, 3.05) is 0 Å². The molecule has 0 aromatic heterocycles. The molecule has 0 bridgehead atoms. The average molecular weight is 300 g/mol. The molecule has 1 aliphatic heterocycles. The normalized spacial score (nSPS) is 18.6. The molecule has 0 aromatic carbocycles. The van der Waals surface area contributed by atoms with E-state index in [4.69, 9.17) is 9.47 Å². The van der Waals surface area contributed by atoms with Gasteiger partial charge in [0.2, 0.25) is 0 Å². The standard InChI is InChI=1S/C13H27O.CH3.2Al.2O/c1-10(2,3)13(14,11(4,5)6)12(7,8)9;;;;;/h1-9H3;1H3;;;;/q-1;;;+1;;. The van der Waals surface area contributed by atoms with E-state index in [-0.39, 0.29) is 21.8 Å². The highest BCUT2D eigenvalue weighted by atomic mass is 27.4. The Balaban J connectivity index is 3.21. The van der Waals surface area contributed by atoms with Crippen LogP contribution in [0.5, 0.6) is 0 Å². The summed E-state index contributed by atoms with van der Waals surface area (Å²) in [5, 5.41) is 0. The van der Waals surface area contributed by atoms with Gasteiger partial charge in [-0.2, -0.15) is 0 Å². The van der Waals surface area contributed by atoms with Crippen LogP contribution in [0.4, 0.5) is 0 Å². The van der Waals surface area contributed by atoms with E-state index in [0.29, 0.717) is 0 Å². The fourth-order valence-corrected chi connectivity index (χ4v) is 8.81. The van der Waals surface area contributed by atoms with Gasteiger partial charge in [0.1, 0.15) is 0 Å². The lowest BCUT2D eigenvalue weighted by Crippen LogP contribution is -2.67. The summed E-state index contributed by atoms with van der Waals surface area (Å²) in [4.78, 5) is 0. The van der Waals surface area contributed by atoms with Crippen molar-refractivity contribution in [1.29, 1.82) is 0 Å². The molecule has 110 valence electrons. The molecule has 1 heterocycles. The van der Waals surface area contributed by atoms with Gasteiger partial charge in [-0.25, -0.2) is 0 Å². The van der Waals surface area contributed by atoms with Crippen LogP contribution >= 0.6 is 0 Å². The van der Waals surface area contributed by atoms with Gasteiger partial charge in [-0.3, -0.25) is 0 Å². The van der Waals surface area contributed by atoms with Gasteiger partial charge in [-0.1, -0.05) is 68.1 Å². The lowest BCUT2D eigenvalue weighted by atomic mass is 9.52. The zero-order valence-corrected chi connectivity index (χ0v) is 16.7. The topological polar surface area (TPSA) is 27.7 Å². The average Bonchev–Trinajstić information content (AvgIpc) is 2.02. The van der Waals surface area contributed by atoms with Crippen LogP contribution in [-0.4, -0.2) is 35.6 Å². The molecule has 19 heavy (non-hydrogen) atoms. The van der Waals surface area contributed by atoms with E-state index < -0.39 is 30.0 Å². The molecule has 0 amide bonds. The summed E-state index contributed by atoms with van der Waals surface area (Å²) in [6, 6.07) is 0. The first kappa shape index (κ1) is 18.0. The Morgan fingerprint density at radius 2 is 1.00 bits per heavy atom. The molecule has 0 aromatic rings. The summed E-state index contributed by atoms with van der Waals surface area (Å²) in [7, 11) is 0. The van der Waals surface area contributed by atoms with Crippen molar-refractivity contribution in [1.82, 2.24) is 0 Å². The third-order valence-corrected chi connectivity index (χ3v) is 9.44. The Morgan fingerprint density at radius 1 is 0.684 bits per heavy atom. The van der Waals surface area contributed by atoms with E-state index in [1.807, 2.05) is 0 Å². The number of hydrogen-bond acceptors (Lipinski definition) is 3. The molecular weight excluding hydrogens is 270 g/mol. The predicted octanol–water partition coefficient (Wildman–Crippen LogP) is 4.03. The Hall–Kier alpha value is 0.945. The number of rotatable bonds is 2. The third-order valence-electron chi connectivity index (χ3n) is 4.05. The van der Waals surface area contributed by atoms with E-state index in [9.17, 15) is 0 Å². The smallest absolute Gasteiger partial charge is 0.569 e. The van der Waals surface area contributed by atoms with Gasteiger partial charge in [0, 0.05) is 0 Å². The van der Waals surface area contributed by atoms with E-state index >= 15 is 0 Å². The van der Waals surface area contributed by atoms with Gasteiger partial charge in [0.25, 0.3) is 0 Å². The van der Waals surface area contributed by atoms with Gasteiger partial charge < -0.3 is 9.47 Å². The summed E-state index contributed by atoms with van der Waals surface area (Å²) in [5.41, 5.74) is -0.283. The maximum atomic E-state index is 6.57. The van der Waals surface area contributed by atoms with Crippen LogP contribution in [0.2, 0.25) is 5.79 Å². The first-order valence-electron chi connectivity index (χ1n) is 7.21. The zero-order valence-electron chi connectivity index (χ0n) is 14.4. The molecule has 0 N–H and O–H groups in total. The van der Waals surface area contributed by atoms with Crippen LogP contribution in [0.1, 0.15) is 62.3 Å². The second kappa shape index (κ2) is 5.29. The zero-order chi connectivity index (χ0) is 15.3. The van der Waals surface area contributed by atoms with Crippen LogP contribution in [0.3, 0.4) is 0 Å². The quantitative estimate of drug-likeness (QED) is 0.721. The summed E-state index contributed by atoms with van der Waals surface area (Å²) in [5.74, 6) is 2.06. The molecule has 1 rings (SSSR count). The van der Waals surface area contributed by atoms with Crippen molar-refractivity contribution in [3.63, 3.8) is 0 Å². The van der Waals surface area contributed by atoms with Gasteiger partial charge in [0.05, 0.1) is 5.60 Å². The molecule has 1 saturated heterocycles. The van der Waals surface area contributed by atoms with Crippen molar-refractivity contribution in [2.24, 2.45) is 16.2 Å². The molecule has 1 aliphatic rings. The summed E-state index contributed by atoms with van der Waals surface area (Å²) in [6.45, 7) is 20.4. The first-order valence-corrected chi connectivity index (χ1v) is 10.7. The molecule has 5 heteroatoms. The molecule has 0 radical (unpaired) electrons. The minimum Gasteiger partial charge on any atom is -0.569 e. The van der Waals surface area contributed by atoms with E-state index in [0.717, 1.165) is 0 Å². The van der Waals surface area contributed by atoms with Gasteiger partial charge in [-0.05, 0) is 16.2 Å². The molecule has 0 aliphatic carbocycles. The summed E-state index contributed by atoms with van der Waals surface area (Å²) in [6.07, 6.45) is 0. The van der Waals surface area contributed by atoms with Crippen molar-refractivity contribution >= 4 is 30.0 Å². The molecular formula is C14H30Al2O3. The summed E-state index contributed by atoms with van der Waals surface area (Å²) >= 11 is -3.26. The highest BCUT2D eigenvalue weighted by Crippen LogP contribution is 2.57. The van der Waals surface area contributed by atoms with Crippen LogP contribution in [0, 0.1) is 16.2 Å². The second-order valence-corrected chi connectivity index (χ2v) is 12.8. The number of hydrogen-bond donors (Lipinski definition) is 0. The molecule has 0 saturated carbocycles. The molecule has 0 unspecified atom stereocenters. The maximum Gasteiger partial charge on any atom is 0.846 e. The summed E-state index contributed by atoms with van der Waals surface area (Å²) < 4.78 is 18.2. The van der Waals surface area contributed by atoms with Gasteiger partial charge in [-0.15, -0.1) is 0 Å². The van der Waals surface area contributed by atoms with Gasteiger partial charge in [0.15, 0.2) is 0 Å². The van der Waals surface area contributed by atoms with Crippen LogP contribution in [-0.2, 0) is 9.47 Å². The van der Waals surface area contributed by atoms with Crippen molar-refractivity contribution in [2.45, 2.75) is 73.7 Å². The van der Waals surface area contributed by atoms with Crippen LogP contribution in [0.25, 0.3) is 0 Å². The fourth-order valence-electron chi connectivity index (χ4n) is 4.43. The molecule has 0 atom stereocenters. The first-order chi connectivity index (χ1) is 8.22. The lowest BCUT2D eigenvalue weighted by Gasteiger charge is -2.62. The monoisotopic (exact) mass is 300 g/mol. The third kappa shape index (κ3) is 3.24. The molecule has 1 fully saturated rings. The van der Waals surface area contributed by atoms with E-state index in [1.165, 1.54) is 0 Å².